The van der Waals surface area contributed by atoms with Gasteiger partial charge in [0.25, 0.3) is 0 Å². The molecule has 0 fully saturated rings. The van der Waals surface area contributed by atoms with E-state index >= 15 is 0 Å². The summed E-state index contributed by atoms with van der Waals surface area (Å²) in [5.74, 6) is 0. The molecule has 2 N–H and O–H groups in total. The summed E-state index contributed by atoms with van der Waals surface area (Å²) in [5.41, 5.74) is 5.81. The standard InChI is InChI=1S/C16H15ClN2O/c1-9-5-10(2)7-12(6-9)15(17)11-3-4-13-14(8-11)19-16(20)18-13/h3-8,15H,1-2H3,(H2,18,19,20). The van der Waals surface area contributed by atoms with E-state index in [1.807, 2.05) is 18.2 Å². The summed E-state index contributed by atoms with van der Waals surface area (Å²) in [4.78, 5) is 16.8. The van der Waals surface area contributed by atoms with Gasteiger partial charge in [0.2, 0.25) is 0 Å². The molecule has 20 heavy (non-hydrogen) atoms. The van der Waals surface area contributed by atoms with Crippen LogP contribution in [0.25, 0.3) is 11.0 Å². The third-order valence-corrected chi connectivity index (χ3v) is 3.87. The SMILES string of the molecule is Cc1cc(C)cc(C(Cl)c2ccc3[nH]c(=O)[nH]c3c2)c1. The van der Waals surface area contributed by atoms with Crippen molar-refractivity contribution < 1.29 is 0 Å². The van der Waals surface area contributed by atoms with Gasteiger partial charge in [-0.25, -0.2) is 4.79 Å². The maximum absolute atomic E-state index is 11.3. The number of imidazole rings is 1. The van der Waals surface area contributed by atoms with Crippen LogP contribution in [0.2, 0.25) is 0 Å². The molecule has 0 spiro atoms. The Kier molecular flexibility index (Phi) is 3.14. The fraction of sp³-hybridized carbons (Fsp3) is 0.188. The zero-order chi connectivity index (χ0) is 14.3. The molecule has 0 amide bonds. The lowest BCUT2D eigenvalue weighted by atomic mass is 10.00. The normalized spacial score (nSPS) is 12.8. The first-order chi connectivity index (χ1) is 9.52. The van der Waals surface area contributed by atoms with Crippen LogP contribution < -0.4 is 5.69 Å². The lowest BCUT2D eigenvalue weighted by molar-refractivity contribution is 1.13. The van der Waals surface area contributed by atoms with Gasteiger partial charge >= 0.3 is 5.69 Å². The second-order valence-electron chi connectivity index (χ2n) is 5.17. The van der Waals surface area contributed by atoms with Gasteiger partial charge in [-0.1, -0.05) is 35.4 Å². The van der Waals surface area contributed by atoms with Gasteiger partial charge in [-0.2, -0.15) is 0 Å². The van der Waals surface area contributed by atoms with Crippen LogP contribution in [0, 0.1) is 13.8 Å². The van der Waals surface area contributed by atoms with E-state index in [0.717, 1.165) is 22.2 Å². The molecule has 0 saturated carbocycles. The van der Waals surface area contributed by atoms with Gasteiger partial charge in [0.05, 0.1) is 16.4 Å². The molecule has 3 aromatic rings. The van der Waals surface area contributed by atoms with Gasteiger partial charge in [0, 0.05) is 0 Å². The molecule has 0 aliphatic carbocycles. The first kappa shape index (κ1) is 13.0. The maximum Gasteiger partial charge on any atom is 0.323 e. The van der Waals surface area contributed by atoms with E-state index in [9.17, 15) is 4.79 Å². The Morgan fingerprint density at radius 3 is 2.25 bits per heavy atom. The molecule has 2 aromatic carbocycles. The number of benzene rings is 2. The van der Waals surface area contributed by atoms with Crippen LogP contribution >= 0.6 is 11.6 Å². The van der Waals surface area contributed by atoms with Crippen LogP contribution in [0.4, 0.5) is 0 Å². The zero-order valence-electron chi connectivity index (χ0n) is 11.3. The van der Waals surface area contributed by atoms with Gasteiger partial charge in [-0.05, 0) is 37.1 Å². The maximum atomic E-state index is 11.3. The fourth-order valence-electron chi connectivity index (χ4n) is 2.56. The number of H-pyrrole nitrogens is 2. The third kappa shape index (κ3) is 2.37. The summed E-state index contributed by atoms with van der Waals surface area (Å²) >= 11 is 6.58. The van der Waals surface area contributed by atoms with Gasteiger partial charge in [0.15, 0.2) is 0 Å². The Balaban J connectivity index is 2.06. The van der Waals surface area contributed by atoms with Crippen molar-refractivity contribution in [2.75, 3.05) is 0 Å². The van der Waals surface area contributed by atoms with Crippen LogP contribution in [-0.4, -0.2) is 9.97 Å². The molecule has 0 saturated heterocycles. The van der Waals surface area contributed by atoms with Crippen molar-refractivity contribution in [3.05, 3.63) is 69.1 Å². The molecule has 1 heterocycles. The number of hydrogen-bond acceptors (Lipinski definition) is 1. The van der Waals surface area contributed by atoms with Crippen molar-refractivity contribution in [3.63, 3.8) is 0 Å². The Morgan fingerprint density at radius 2 is 1.55 bits per heavy atom. The average Bonchev–Trinajstić information content (AvgIpc) is 2.75. The van der Waals surface area contributed by atoms with Crippen molar-refractivity contribution in [3.8, 4) is 0 Å². The molecule has 0 radical (unpaired) electrons. The van der Waals surface area contributed by atoms with Crippen molar-refractivity contribution in [1.82, 2.24) is 9.97 Å². The molecular weight excluding hydrogens is 272 g/mol. The van der Waals surface area contributed by atoms with Crippen LogP contribution in [0.1, 0.15) is 27.6 Å². The monoisotopic (exact) mass is 286 g/mol. The molecule has 4 heteroatoms. The largest absolute Gasteiger partial charge is 0.323 e. The highest BCUT2D eigenvalue weighted by Crippen LogP contribution is 2.31. The number of aryl methyl sites for hydroxylation is 2. The smallest absolute Gasteiger partial charge is 0.306 e. The predicted molar refractivity (Wildman–Crippen MR) is 82.5 cm³/mol. The topological polar surface area (TPSA) is 48.6 Å². The molecule has 3 nitrogen and oxygen atoms in total. The predicted octanol–water partition coefficient (Wildman–Crippen LogP) is 3.80. The molecule has 0 aliphatic rings. The minimum absolute atomic E-state index is 0.199. The van der Waals surface area contributed by atoms with E-state index < -0.39 is 0 Å². The van der Waals surface area contributed by atoms with Crippen LogP contribution in [0.15, 0.2) is 41.2 Å². The van der Waals surface area contributed by atoms with E-state index in [4.69, 9.17) is 11.6 Å². The summed E-state index contributed by atoms with van der Waals surface area (Å²) in [6.07, 6.45) is 0. The highest BCUT2D eigenvalue weighted by atomic mass is 35.5. The lowest BCUT2D eigenvalue weighted by Gasteiger charge is -2.12. The van der Waals surface area contributed by atoms with Crippen molar-refractivity contribution >= 4 is 22.6 Å². The number of fused-ring (bicyclic) bond motifs is 1. The number of aromatic amines is 2. The second-order valence-corrected chi connectivity index (χ2v) is 5.60. The van der Waals surface area contributed by atoms with Gasteiger partial charge in [0.1, 0.15) is 0 Å². The Bertz CT molecular complexity index is 812. The van der Waals surface area contributed by atoms with Crippen molar-refractivity contribution in [1.29, 1.82) is 0 Å². The molecule has 1 unspecified atom stereocenters. The summed E-state index contributed by atoms with van der Waals surface area (Å²) in [5, 5.41) is -0.226. The van der Waals surface area contributed by atoms with Gasteiger partial charge in [-0.3, -0.25) is 0 Å². The Hall–Kier alpha value is -2.00. The molecule has 3 rings (SSSR count). The Labute approximate surface area is 121 Å². The highest BCUT2D eigenvalue weighted by Gasteiger charge is 2.12. The second kappa shape index (κ2) is 4.84. The molecule has 1 atom stereocenters. The van der Waals surface area contributed by atoms with Crippen molar-refractivity contribution in [2.45, 2.75) is 19.2 Å². The molecular formula is C16H15ClN2O. The van der Waals surface area contributed by atoms with E-state index in [1.54, 1.807) is 0 Å². The third-order valence-electron chi connectivity index (χ3n) is 3.37. The first-order valence-electron chi connectivity index (χ1n) is 6.47. The number of hydrogen-bond donors (Lipinski definition) is 2. The number of alkyl halides is 1. The minimum atomic E-state index is -0.226. The average molecular weight is 287 g/mol. The zero-order valence-corrected chi connectivity index (χ0v) is 12.1. The van der Waals surface area contributed by atoms with E-state index in [-0.39, 0.29) is 11.1 Å². The Morgan fingerprint density at radius 1 is 0.900 bits per heavy atom. The first-order valence-corrected chi connectivity index (χ1v) is 6.91. The van der Waals surface area contributed by atoms with E-state index in [0.29, 0.717) is 0 Å². The summed E-state index contributed by atoms with van der Waals surface area (Å²) in [6.45, 7) is 4.12. The number of aromatic nitrogens is 2. The minimum Gasteiger partial charge on any atom is -0.306 e. The fourth-order valence-corrected chi connectivity index (χ4v) is 2.82. The summed E-state index contributed by atoms with van der Waals surface area (Å²) < 4.78 is 0. The molecule has 102 valence electrons. The van der Waals surface area contributed by atoms with Crippen LogP contribution in [0.3, 0.4) is 0 Å². The quantitative estimate of drug-likeness (QED) is 0.692. The summed E-state index contributed by atoms with van der Waals surface area (Å²) in [7, 11) is 0. The summed E-state index contributed by atoms with van der Waals surface area (Å²) in [6, 6.07) is 12.0. The van der Waals surface area contributed by atoms with E-state index in [2.05, 4.69) is 42.0 Å². The molecule has 0 bridgehead atoms. The lowest BCUT2D eigenvalue weighted by Crippen LogP contribution is -1.99. The van der Waals surface area contributed by atoms with Gasteiger partial charge < -0.3 is 9.97 Å². The highest BCUT2D eigenvalue weighted by molar-refractivity contribution is 6.22. The molecule has 0 aliphatic heterocycles. The van der Waals surface area contributed by atoms with Crippen LogP contribution in [0.5, 0.6) is 0 Å². The van der Waals surface area contributed by atoms with E-state index in [1.165, 1.54) is 11.1 Å². The number of halogens is 1. The number of rotatable bonds is 2. The molecule has 1 aromatic heterocycles. The van der Waals surface area contributed by atoms with Crippen LogP contribution in [-0.2, 0) is 0 Å². The van der Waals surface area contributed by atoms with Crippen molar-refractivity contribution in [2.24, 2.45) is 0 Å². The van der Waals surface area contributed by atoms with Gasteiger partial charge in [-0.15, -0.1) is 11.6 Å². The number of nitrogens with one attached hydrogen (secondary N) is 2.